The van der Waals surface area contributed by atoms with E-state index in [0.717, 1.165) is 31.3 Å². The van der Waals surface area contributed by atoms with E-state index in [1.807, 2.05) is 37.5 Å². The SMILES string of the molecule is CNCc1ccc(Oc2ccc(CN3C=C(Cl)NC3)cc2)cc1. The van der Waals surface area contributed by atoms with Crippen molar-refractivity contribution < 1.29 is 4.74 Å². The van der Waals surface area contributed by atoms with Crippen molar-refractivity contribution in [1.82, 2.24) is 15.5 Å². The number of rotatable bonds is 6. The van der Waals surface area contributed by atoms with Crippen LogP contribution >= 0.6 is 11.6 Å². The molecule has 3 rings (SSSR count). The number of nitrogens with zero attached hydrogens (tertiary/aromatic N) is 1. The van der Waals surface area contributed by atoms with Crippen LogP contribution in [0.4, 0.5) is 0 Å². The van der Waals surface area contributed by atoms with Crippen molar-refractivity contribution in [3.63, 3.8) is 0 Å². The largest absolute Gasteiger partial charge is 0.457 e. The van der Waals surface area contributed by atoms with E-state index in [0.29, 0.717) is 5.16 Å². The Kier molecular flexibility index (Phi) is 5.05. The van der Waals surface area contributed by atoms with E-state index < -0.39 is 0 Å². The van der Waals surface area contributed by atoms with Crippen LogP contribution in [-0.2, 0) is 13.1 Å². The van der Waals surface area contributed by atoms with Gasteiger partial charge in [-0.15, -0.1) is 0 Å². The summed E-state index contributed by atoms with van der Waals surface area (Å²) in [6.07, 6.45) is 1.92. The molecule has 1 aliphatic heterocycles. The van der Waals surface area contributed by atoms with Gasteiger partial charge in [-0.2, -0.15) is 0 Å². The van der Waals surface area contributed by atoms with Crippen molar-refractivity contribution in [1.29, 1.82) is 0 Å². The maximum absolute atomic E-state index is 5.90. The van der Waals surface area contributed by atoms with E-state index in [4.69, 9.17) is 16.3 Å². The second-order valence-corrected chi connectivity index (χ2v) is 5.89. The molecule has 2 aromatic rings. The molecular weight excluding hydrogens is 310 g/mol. The van der Waals surface area contributed by atoms with Gasteiger partial charge in [0.25, 0.3) is 0 Å². The highest BCUT2D eigenvalue weighted by molar-refractivity contribution is 6.29. The average molecular weight is 330 g/mol. The number of ether oxygens (including phenoxy) is 1. The molecule has 0 spiro atoms. The van der Waals surface area contributed by atoms with Crippen molar-refractivity contribution in [3.05, 3.63) is 71.0 Å². The first-order chi connectivity index (χ1) is 11.2. The summed E-state index contributed by atoms with van der Waals surface area (Å²) in [5.74, 6) is 1.68. The number of benzene rings is 2. The molecule has 2 N–H and O–H groups in total. The minimum absolute atomic E-state index is 0.687. The number of hydrogen-bond donors (Lipinski definition) is 2. The minimum Gasteiger partial charge on any atom is -0.457 e. The fourth-order valence-corrected chi connectivity index (χ4v) is 2.64. The van der Waals surface area contributed by atoms with Crippen molar-refractivity contribution in [3.8, 4) is 11.5 Å². The lowest BCUT2D eigenvalue weighted by Gasteiger charge is -2.14. The van der Waals surface area contributed by atoms with Crippen molar-refractivity contribution in [2.45, 2.75) is 13.1 Å². The minimum atomic E-state index is 0.687. The molecule has 4 nitrogen and oxygen atoms in total. The molecule has 0 fully saturated rings. The first kappa shape index (κ1) is 15.7. The molecule has 0 bridgehead atoms. The summed E-state index contributed by atoms with van der Waals surface area (Å²) in [6.45, 7) is 2.43. The van der Waals surface area contributed by atoms with E-state index >= 15 is 0 Å². The molecule has 0 aliphatic carbocycles. The fourth-order valence-electron chi connectivity index (χ4n) is 2.44. The topological polar surface area (TPSA) is 36.5 Å². The molecule has 0 radical (unpaired) electrons. The number of halogens is 1. The Bertz CT molecular complexity index is 668. The lowest BCUT2D eigenvalue weighted by Crippen LogP contribution is -2.20. The first-order valence-electron chi connectivity index (χ1n) is 7.58. The van der Waals surface area contributed by atoms with Gasteiger partial charge < -0.3 is 20.3 Å². The molecule has 5 heteroatoms. The highest BCUT2D eigenvalue weighted by atomic mass is 35.5. The van der Waals surface area contributed by atoms with Crippen LogP contribution < -0.4 is 15.4 Å². The molecule has 23 heavy (non-hydrogen) atoms. The smallest absolute Gasteiger partial charge is 0.127 e. The Balaban J connectivity index is 1.58. The molecule has 0 atom stereocenters. The summed E-state index contributed by atoms with van der Waals surface area (Å²) in [4.78, 5) is 2.12. The third kappa shape index (κ3) is 4.41. The Morgan fingerprint density at radius 2 is 1.65 bits per heavy atom. The Hall–Kier alpha value is -2.17. The molecule has 0 aromatic heterocycles. The summed E-state index contributed by atoms with van der Waals surface area (Å²) >= 11 is 5.90. The zero-order valence-corrected chi connectivity index (χ0v) is 13.8. The molecular formula is C18H20ClN3O. The molecule has 2 aromatic carbocycles. The van der Waals surface area contributed by atoms with E-state index in [-0.39, 0.29) is 0 Å². The molecule has 120 valence electrons. The summed E-state index contributed by atoms with van der Waals surface area (Å²) in [7, 11) is 1.94. The maximum atomic E-state index is 5.90. The molecule has 1 aliphatic rings. The van der Waals surface area contributed by atoms with Crippen LogP contribution in [0.5, 0.6) is 11.5 Å². The van der Waals surface area contributed by atoms with E-state index in [1.165, 1.54) is 11.1 Å². The van der Waals surface area contributed by atoms with Crippen LogP contribution in [0, 0.1) is 0 Å². The van der Waals surface area contributed by atoms with Gasteiger partial charge in [-0.25, -0.2) is 0 Å². The van der Waals surface area contributed by atoms with Gasteiger partial charge in [-0.3, -0.25) is 0 Å². The Morgan fingerprint density at radius 1 is 1.04 bits per heavy atom. The van der Waals surface area contributed by atoms with Gasteiger partial charge in [0.05, 0.1) is 6.67 Å². The monoisotopic (exact) mass is 329 g/mol. The third-order valence-electron chi connectivity index (χ3n) is 3.60. The van der Waals surface area contributed by atoms with Gasteiger partial charge in [0.1, 0.15) is 16.7 Å². The fraction of sp³-hybridized carbons (Fsp3) is 0.222. The quantitative estimate of drug-likeness (QED) is 0.794. The predicted molar refractivity (Wildman–Crippen MR) is 93.2 cm³/mol. The van der Waals surface area contributed by atoms with Gasteiger partial charge in [-0.1, -0.05) is 35.9 Å². The molecule has 0 saturated heterocycles. The predicted octanol–water partition coefficient (Wildman–Crippen LogP) is 3.60. The molecule has 1 heterocycles. The van der Waals surface area contributed by atoms with Crippen LogP contribution in [0.2, 0.25) is 0 Å². The zero-order chi connectivity index (χ0) is 16.1. The van der Waals surface area contributed by atoms with Crippen molar-refractivity contribution >= 4 is 11.6 Å². The van der Waals surface area contributed by atoms with E-state index in [9.17, 15) is 0 Å². The van der Waals surface area contributed by atoms with Crippen LogP contribution in [0.1, 0.15) is 11.1 Å². The van der Waals surface area contributed by atoms with Crippen LogP contribution in [0.25, 0.3) is 0 Å². The van der Waals surface area contributed by atoms with Crippen molar-refractivity contribution in [2.75, 3.05) is 13.7 Å². The van der Waals surface area contributed by atoms with Gasteiger partial charge in [0.2, 0.25) is 0 Å². The highest BCUT2D eigenvalue weighted by Crippen LogP contribution is 2.23. The lowest BCUT2D eigenvalue weighted by atomic mass is 10.2. The third-order valence-corrected chi connectivity index (χ3v) is 3.83. The standard InChI is InChI=1S/C18H20ClN3O/c1-20-10-14-2-6-16(7-3-14)23-17-8-4-15(5-9-17)11-22-12-18(19)21-13-22/h2-9,12,20-21H,10-11,13H2,1H3. The van der Waals surface area contributed by atoms with Crippen LogP contribution in [-0.4, -0.2) is 18.6 Å². The number of nitrogens with one attached hydrogen (secondary N) is 2. The summed E-state index contributed by atoms with van der Waals surface area (Å²) < 4.78 is 5.87. The van der Waals surface area contributed by atoms with Gasteiger partial charge in [0, 0.05) is 19.3 Å². The lowest BCUT2D eigenvalue weighted by molar-refractivity contribution is 0.384. The highest BCUT2D eigenvalue weighted by Gasteiger charge is 2.09. The first-order valence-corrected chi connectivity index (χ1v) is 7.96. The summed E-state index contributed by atoms with van der Waals surface area (Å²) in [5, 5.41) is 6.89. The van der Waals surface area contributed by atoms with E-state index in [2.05, 4.69) is 39.8 Å². The van der Waals surface area contributed by atoms with Gasteiger partial charge in [-0.05, 0) is 42.4 Å². The van der Waals surface area contributed by atoms with Crippen LogP contribution in [0.3, 0.4) is 0 Å². The summed E-state index contributed by atoms with van der Waals surface area (Å²) in [6, 6.07) is 16.2. The second-order valence-electron chi connectivity index (χ2n) is 5.48. The molecule has 0 saturated carbocycles. The Morgan fingerprint density at radius 3 is 2.17 bits per heavy atom. The number of hydrogen-bond acceptors (Lipinski definition) is 4. The molecule has 0 amide bonds. The second kappa shape index (κ2) is 7.40. The van der Waals surface area contributed by atoms with Gasteiger partial charge in [0.15, 0.2) is 0 Å². The average Bonchev–Trinajstić information content (AvgIpc) is 2.96. The van der Waals surface area contributed by atoms with E-state index in [1.54, 1.807) is 0 Å². The van der Waals surface area contributed by atoms with Crippen molar-refractivity contribution in [2.24, 2.45) is 0 Å². The van der Waals surface area contributed by atoms with Gasteiger partial charge >= 0.3 is 0 Å². The normalized spacial score (nSPS) is 13.7. The Labute approximate surface area is 141 Å². The molecule has 0 unspecified atom stereocenters. The van der Waals surface area contributed by atoms with Crippen LogP contribution in [0.15, 0.2) is 59.9 Å². The zero-order valence-electron chi connectivity index (χ0n) is 13.1. The maximum Gasteiger partial charge on any atom is 0.127 e. The summed E-state index contributed by atoms with van der Waals surface area (Å²) in [5.41, 5.74) is 2.45.